The summed E-state index contributed by atoms with van der Waals surface area (Å²) < 4.78 is 10.4. The fraction of sp³-hybridized carbons (Fsp3) is 0.471. The monoisotopic (exact) mass is 339 g/mol. The lowest BCUT2D eigenvalue weighted by molar-refractivity contribution is -0.125. The van der Waals surface area contributed by atoms with Gasteiger partial charge in [0.25, 0.3) is 0 Å². The van der Waals surface area contributed by atoms with Crippen molar-refractivity contribution in [3.63, 3.8) is 0 Å². The number of aliphatic hydroxyl groups is 1. The molecule has 1 aromatic carbocycles. The van der Waals surface area contributed by atoms with Gasteiger partial charge in [0.2, 0.25) is 5.91 Å². The third-order valence-corrected chi connectivity index (χ3v) is 4.29. The van der Waals surface area contributed by atoms with Crippen molar-refractivity contribution < 1.29 is 19.4 Å². The minimum Gasteiger partial charge on any atom is -0.493 e. The van der Waals surface area contributed by atoms with Crippen molar-refractivity contribution in [1.82, 2.24) is 4.90 Å². The van der Waals surface area contributed by atoms with Gasteiger partial charge in [-0.15, -0.1) is 0 Å². The highest BCUT2D eigenvalue weighted by Crippen LogP contribution is 2.36. The molecule has 1 amide bonds. The molecule has 0 aliphatic carbocycles. The van der Waals surface area contributed by atoms with Crippen LogP contribution in [0.1, 0.15) is 18.4 Å². The zero-order valence-corrected chi connectivity index (χ0v) is 14.2. The summed E-state index contributed by atoms with van der Waals surface area (Å²) in [7, 11) is 3.07. The van der Waals surface area contributed by atoms with Gasteiger partial charge >= 0.3 is 0 Å². The van der Waals surface area contributed by atoms with Crippen LogP contribution in [0.15, 0.2) is 18.2 Å². The molecule has 0 spiro atoms. The maximum atomic E-state index is 12.2. The van der Waals surface area contributed by atoms with E-state index < -0.39 is 0 Å². The number of methoxy groups -OCH3 is 2. The molecule has 0 bridgehead atoms. The van der Waals surface area contributed by atoms with Crippen LogP contribution in [-0.4, -0.2) is 49.8 Å². The van der Waals surface area contributed by atoms with Crippen LogP contribution in [0.2, 0.25) is 5.02 Å². The molecule has 0 radical (unpaired) electrons. The molecule has 1 fully saturated rings. The van der Waals surface area contributed by atoms with E-state index in [1.54, 1.807) is 36.3 Å². The van der Waals surface area contributed by atoms with Crippen molar-refractivity contribution in [2.75, 3.05) is 33.9 Å². The molecule has 2 rings (SSSR count). The highest BCUT2D eigenvalue weighted by atomic mass is 35.5. The number of hydrogen-bond acceptors (Lipinski definition) is 4. The molecule has 1 saturated heterocycles. The van der Waals surface area contributed by atoms with Crippen LogP contribution in [0.4, 0.5) is 0 Å². The van der Waals surface area contributed by atoms with Crippen LogP contribution in [0, 0.1) is 5.92 Å². The fourth-order valence-electron chi connectivity index (χ4n) is 2.76. The van der Waals surface area contributed by atoms with Gasteiger partial charge in [-0.25, -0.2) is 0 Å². The highest BCUT2D eigenvalue weighted by molar-refractivity contribution is 6.32. The van der Waals surface area contributed by atoms with Gasteiger partial charge < -0.3 is 19.5 Å². The number of nitrogens with zero attached hydrogens (tertiary/aromatic N) is 1. The van der Waals surface area contributed by atoms with E-state index in [0.717, 1.165) is 24.9 Å². The molecule has 1 atom stereocenters. The highest BCUT2D eigenvalue weighted by Gasteiger charge is 2.24. The number of halogens is 1. The number of aliphatic hydroxyl groups excluding tert-OH is 1. The van der Waals surface area contributed by atoms with E-state index in [1.807, 2.05) is 0 Å². The first kappa shape index (κ1) is 17.6. The summed E-state index contributed by atoms with van der Waals surface area (Å²) in [6.45, 7) is 1.61. The maximum absolute atomic E-state index is 12.2. The Morgan fingerprint density at radius 2 is 2.22 bits per heavy atom. The number of ether oxygens (including phenoxy) is 2. The normalized spacial score (nSPS) is 17.7. The average Bonchev–Trinajstić information content (AvgIpc) is 3.01. The molecule has 1 aliphatic heterocycles. The maximum Gasteiger partial charge on any atom is 0.246 e. The number of carbonyl (C=O) groups is 1. The van der Waals surface area contributed by atoms with E-state index in [0.29, 0.717) is 29.0 Å². The third kappa shape index (κ3) is 4.39. The van der Waals surface area contributed by atoms with Gasteiger partial charge in [-0.2, -0.15) is 0 Å². The zero-order valence-electron chi connectivity index (χ0n) is 13.4. The van der Waals surface area contributed by atoms with Crippen molar-refractivity contribution in [1.29, 1.82) is 0 Å². The second-order valence-corrected chi connectivity index (χ2v) is 5.93. The number of benzene rings is 1. The van der Waals surface area contributed by atoms with Crippen LogP contribution in [0.25, 0.3) is 6.08 Å². The molecular formula is C17H22ClNO4. The van der Waals surface area contributed by atoms with E-state index in [2.05, 4.69) is 0 Å². The van der Waals surface area contributed by atoms with Gasteiger partial charge in [0, 0.05) is 25.8 Å². The standard InChI is InChI=1S/C17H22ClNO4/c1-22-15-10-13(9-14(18)17(15)23-2)3-4-16(21)19-7-5-12(11-19)6-8-20/h3-4,9-10,12,20H,5-8,11H2,1-2H3/b4-3+. The Labute approximate surface area is 141 Å². The molecule has 0 saturated carbocycles. The largest absolute Gasteiger partial charge is 0.493 e. The van der Waals surface area contributed by atoms with Crippen molar-refractivity contribution >= 4 is 23.6 Å². The Balaban J connectivity index is 2.05. The summed E-state index contributed by atoms with van der Waals surface area (Å²) in [5.41, 5.74) is 0.770. The van der Waals surface area contributed by atoms with Gasteiger partial charge in [-0.05, 0) is 42.5 Å². The Kier molecular flexibility index (Phi) is 6.30. The number of amides is 1. The molecule has 5 nitrogen and oxygen atoms in total. The molecule has 1 unspecified atom stereocenters. The Morgan fingerprint density at radius 3 is 2.87 bits per heavy atom. The summed E-state index contributed by atoms with van der Waals surface area (Å²) in [6.07, 6.45) is 4.95. The van der Waals surface area contributed by atoms with Gasteiger partial charge in [0.05, 0.1) is 19.2 Å². The first-order chi connectivity index (χ1) is 11.1. The Morgan fingerprint density at radius 1 is 1.43 bits per heavy atom. The number of carbonyl (C=O) groups excluding carboxylic acids is 1. The van der Waals surface area contributed by atoms with E-state index >= 15 is 0 Å². The first-order valence-corrected chi connectivity index (χ1v) is 7.96. The van der Waals surface area contributed by atoms with Crippen molar-refractivity contribution in [3.8, 4) is 11.5 Å². The van der Waals surface area contributed by atoms with E-state index in [-0.39, 0.29) is 12.5 Å². The summed E-state index contributed by atoms with van der Waals surface area (Å²) in [5, 5.41) is 9.40. The fourth-order valence-corrected chi connectivity index (χ4v) is 3.05. The van der Waals surface area contributed by atoms with Crippen molar-refractivity contribution in [2.24, 2.45) is 5.92 Å². The molecular weight excluding hydrogens is 318 g/mol. The molecule has 1 aliphatic rings. The average molecular weight is 340 g/mol. The Hall–Kier alpha value is -1.72. The summed E-state index contributed by atoms with van der Waals surface area (Å²) in [6, 6.07) is 3.50. The molecule has 6 heteroatoms. The minimum atomic E-state index is -0.0312. The van der Waals surface area contributed by atoms with E-state index in [4.69, 9.17) is 26.2 Å². The second-order valence-electron chi connectivity index (χ2n) is 5.52. The number of hydrogen-bond donors (Lipinski definition) is 1. The smallest absolute Gasteiger partial charge is 0.246 e. The van der Waals surface area contributed by atoms with Crippen LogP contribution >= 0.6 is 11.6 Å². The number of rotatable bonds is 6. The van der Waals surface area contributed by atoms with Gasteiger partial charge in [0.1, 0.15) is 0 Å². The van der Waals surface area contributed by atoms with E-state index in [9.17, 15) is 4.79 Å². The lowest BCUT2D eigenvalue weighted by atomic mass is 10.1. The predicted molar refractivity (Wildman–Crippen MR) is 90.0 cm³/mol. The molecule has 1 N–H and O–H groups in total. The minimum absolute atomic E-state index is 0.0312. The molecule has 126 valence electrons. The lowest BCUT2D eigenvalue weighted by Crippen LogP contribution is -2.26. The van der Waals surface area contributed by atoms with Gasteiger partial charge in [-0.1, -0.05) is 11.6 Å². The van der Waals surface area contributed by atoms with Crippen LogP contribution < -0.4 is 9.47 Å². The molecule has 1 heterocycles. The van der Waals surface area contributed by atoms with E-state index in [1.165, 1.54) is 7.11 Å². The Bertz CT molecular complexity index is 588. The van der Waals surface area contributed by atoms with Crippen molar-refractivity contribution in [3.05, 3.63) is 28.8 Å². The van der Waals surface area contributed by atoms with Crippen molar-refractivity contribution in [2.45, 2.75) is 12.8 Å². The summed E-state index contributed by atoms with van der Waals surface area (Å²) >= 11 is 6.15. The summed E-state index contributed by atoms with van der Waals surface area (Å²) in [4.78, 5) is 14.0. The van der Waals surface area contributed by atoms with Crippen LogP contribution in [0.5, 0.6) is 11.5 Å². The zero-order chi connectivity index (χ0) is 16.8. The van der Waals surface area contributed by atoms with Crippen LogP contribution in [0.3, 0.4) is 0 Å². The summed E-state index contributed by atoms with van der Waals surface area (Å²) in [5.74, 6) is 1.37. The quantitative estimate of drug-likeness (QED) is 0.809. The van der Waals surface area contributed by atoms with Gasteiger partial charge in [0.15, 0.2) is 11.5 Å². The first-order valence-electron chi connectivity index (χ1n) is 7.58. The SMILES string of the molecule is COc1cc(/C=C/C(=O)N2CCC(CCO)C2)cc(Cl)c1OC. The number of likely N-dealkylation sites (tertiary alicyclic amines) is 1. The predicted octanol–water partition coefficient (Wildman–Crippen LogP) is 2.60. The third-order valence-electron chi connectivity index (χ3n) is 4.01. The van der Waals surface area contributed by atoms with Crippen LogP contribution in [-0.2, 0) is 4.79 Å². The molecule has 1 aromatic rings. The molecule has 0 aromatic heterocycles. The second kappa shape index (κ2) is 8.22. The van der Waals surface area contributed by atoms with Gasteiger partial charge in [-0.3, -0.25) is 4.79 Å². The topological polar surface area (TPSA) is 59.0 Å². The molecule has 23 heavy (non-hydrogen) atoms. The lowest BCUT2D eigenvalue weighted by Gasteiger charge is -2.14.